The van der Waals surface area contributed by atoms with E-state index in [0.717, 1.165) is 16.9 Å². The zero-order chi connectivity index (χ0) is 22.2. The van der Waals surface area contributed by atoms with E-state index in [0.29, 0.717) is 11.3 Å². The van der Waals surface area contributed by atoms with Crippen LogP contribution in [0.15, 0.2) is 72.8 Å². The van der Waals surface area contributed by atoms with Gasteiger partial charge in [0.15, 0.2) is 0 Å². The number of amides is 1. The summed E-state index contributed by atoms with van der Waals surface area (Å²) in [6.45, 7) is 1.95. The average Bonchev–Trinajstić information content (AvgIpc) is 2.79. The van der Waals surface area contributed by atoms with Crippen molar-refractivity contribution in [2.75, 3.05) is 19.0 Å². The van der Waals surface area contributed by atoms with E-state index in [9.17, 15) is 9.59 Å². The predicted molar refractivity (Wildman–Crippen MR) is 123 cm³/mol. The van der Waals surface area contributed by atoms with Crippen molar-refractivity contribution in [3.8, 4) is 5.75 Å². The molecule has 0 aromatic heterocycles. The minimum atomic E-state index is -0.541. The monoisotopic (exact) mass is 435 g/mol. The molecule has 0 spiro atoms. The Balaban J connectivity index is 1.93. The number of halogens is 1. The highest BCUT2D eigenvalue weighted by Crippen LogP contribution is 2.25. The summed E-state index contributed by atoms with van der Waals surface area (Å²) < 4.78 is 10.2. The topological polar surface area (TPSA) is 64.6 Å². The Morgan fingerprint density at radius 2 is 1.71 bits per heavy atom. The Kier molecular flexibility index (Phi) is 7.46. The molecule has 6 heteroatoms. The van der Waals surface area contributed by atoms with Gasteiger partial charge >= 0.3 is 5.97 Å². The molecule has 0 fully saturated rings. The van der Waals surface area contributed by atoms with Crippen LogP contribution in [0.25, 0.3) is 11.6 Å². The number of nitrogens with one attached hydrogen (secondary N) is 1. The first-order valence-corrected chi connectivity index (χ1v) is 10.1. The van der Waals surface area contributed by atoms with Gasteiger partial charge in [-0.1, -0.05) is 54.1 Å². The number of carbonyl (C=O) groups excluding carboxylic acids is 2. The van der Waals surface area contributed by atoms with E-state index >= 15 is 0 Å². The average molecular weight is 436 g/mol. The van der Waals surface area contributed by atoms with E-state index in [1.165, 1.54) is 6.07 Å². The SMILES string of the molecule is CCOC(=O)c1cc(NC(=O)/C(=C/c2ccc(OC)cc2)c2ccccc2)ccc1Cl. The molecule has 5 nitrogen and oxygen atoms in total. The Bertz CT molecular complexity index is 1090. The fraction of sp³-hybridized carbons (Fsp3) is 0.120. The van der Waals surface area contributed by atoms with Crippen molar-refractivity contribution in [2.45, 2.75) is 6.92 Å². The molecular formula is C25H22ClNO4. The smallest absolute Gasteiger partial charge is 0.339 e. The molecule has 1 N–H and O–H groups in total. The highest BCUT2D eigenvalue weighted by molar-refractivity contribution is 6.34. The number of rotatable bonds is 7. The van der Waals surface area contributed by atoms with Crippen LogP contribution in [0.3, 0.4) is 0 Å². The van der Waals surface area contributed by atoms with Gasteiger partial charge < -0.3 is 14.8 Å². The van der Waals surface area contributed by atoms with Crippen molar-refractivity contribution in [3.63, 3.8) is 0 Å². The lowest BCUT2D eigenvalue weighted by molar-refractivity contribution is -0.111. The second-order valence-electron chi connectivity index (χ2n) is 6.57. The van der Waals surface area contributed by atoms with Crippen LogP contribution in [0, 0.1) is 0 Å². The number of ether oxygens (including phenoxy) is 2. The standard InChI is InChI=1S/C25H22ClNO4/c1-3-31-25(29)22-16-19(11-14-23(22)26)27-24(28)21(18-7-5-4-6-8-18)15-17-9-12-20(30-2)13-10-17/h4-16H,3H2,1-2H3,(H,27,28)/b21-15+. The van der Waals surface area contributed by atoms with Gasteiger partial charge in [0.2, 0.25) is 0 Å². The third-order valence-corrected chi connectivity index (χ3v) is 4.81. The van der Waals surface area contributed by atoms with E-state index in [2.05, 4.69) is 5.32 Å². The molecule has 0 unspecified atom stereocenters. The lowest BCUT2D eigenvalue weighted by atomic mass is 10.0. The van der Waals surface area contributed by atoms with Gasteiger partial charge in [0, 0.05) is 11.3 Å². The van der Waals surface area contributed by atoms with Crippen molar-refractivity contribution in [3.05, 3.63) is 94.5 Å². The maximum atomic E-state index is 13.2. The highest BCUT2D eigenvalue weighted by Gasteiger charge is 2.16. The maximum absolute atomic E-state index is 13.2. The fourth-order valence-electron chi connectivity index (χ4n) is 2.93. The van der Waals surface area contributed by atoms with Crippen LogP contribution < -0.4 is 10.1 Å². The second kappa shape index (κ2) is 10.5. The first kappa shape index (κ1) is 22.1. The molecule has 1 amide bonds. The Morgan fingerprint density at radius 1 is 1.00 bits per heavy atom. The Labute approximate surface area is 186 Å². The quantitative estimate of drug-likeness (QED) is 0.293. The lowest BCUT2D eigenvalue weighted by Gasteiger charge is -2.12. The first-order valence-electron chi connectivity index (χ1n) is 9.71. The van der Waals surface area contributed by atoms with Crippen molar-refractivity contribution in [1.82, 2.24) is 0 Å². The summed E-state index contributed by atoms with van der Waals surface area (Å²) in [7, 11) is 1.60. The molecule has 0 heterocycles. The summed E-state index contributed by atoms with van der Waals surface area (Å²) in [5.41, 5.74) is 2.71. The first-order chi connectivity index (χ1) is 15.0. The molecule has 3 aromatic carbocycles. The summed E-state index contributed by atoms with van der Waals surface area (Å²) in [6, 6.07) is 21.4. The molecular weight excluding hydrogens is 414 g/mol. The summed E-state index contributed by atoms with van der Waals surface area (Å²) in [5.74, 6) is -0.129. The molecule has 0 aliphatic carbocycles. The van der Waals surface area contributed by atoms with E-state index in [4.69, 9.17) is 21.1 Å². The molecule has 0 aliphatic heterocycles. The minimum Gasteiger partial charge on any atom is -0.497 e. The van der Waals surface area contributed by atoms with Crippen LogP contribution in [0.1, 0.15) is 28.4 Å². The zero-order valence-corrected chi connectivity index (χ0v) is 18.0. The molecule has 158 valence electrons. The molecule has 0 saturated carbocycles. The van der Waals surface area contributed by atoms with Gasteiger partial charge in [-0.25, -0.2) is 4.79 Å². The third-order valence-electron chi connectivity index (χ3n) is 4.48. The van der Waals surface area contributed by atoms with Crippen LogP contribution >= 0.6 is 11.6 Å². The summed E-state index contributed by atoms with van der Waals surface area (Å²) in [4.78, 5) is 25.3. The third kappa shape index (κ3) is 5.74. The van der Waals surface area contributed by atoms with Crippen LogP contribution in [-0.2, 0) is 9.53 Å². The van der Waals surface area contributed by atoms with Crippen molar-refractivity contribution in [1.29, 1.82) is 0 Å². The van der Waals surface area contributed by atoms with Crippen LogP contribution in [0.5, 0.6) is 5.75 Å². The van der Waals surface area contributed by atoms with E-state index in [1.54, 1.807) is 32.2 Å². The number of hydrogen-bond donors (Lipinski definition) is 1. The number of benzene rings is 3. The van der Waals surface area contributed by atoms with Crippen LogP contribution in [0.4, 0.5) is 5.69 Å². The fourth-order valence-corrected chi connectivity index (χ4v) is 3.13. The van der Waals surface area contributed by atoms with Gasteiger partial charge in [-0.05, 0) is 54.5 Å². The number of methoxy groups -OCH3 is 1. The normalized spacial score (nSPS) is 11.0. The lowest BCUT2D eigenvalue weighted by Crippen LogP contribution is -2.14. The van der Waals surface area contributed by atoms with Gasteiger partial charge in [-0.15, -0.1) is 0 Å². The zero-order valence-electron chi connectivity index (χ0n) is 17.2. The second-order valence-corrected chi connectivity index (χ2v) is 6.97. The van der Waals surface area contributed by atoms with Gasteiger partial charge in [0.05, 0.1) is 24.3 Å². The minimum absolute atomic E-state index is 0.196. The van der Waals surface area contributed by atoms with Crippen LogP contribution in [0.2, 0.25) is 5.02 Å². The Hall–Kier alpha value is -3.57. The molecule has 0 aliphatic rings. The molecule has 3 aromatic rings. The van der Waals surface area contributed by atoms with E-state index in [-0.39, 0.29) is 23.1 Å². The number of hydrogen-bond acceptors (Lipinski definition) is 4. The number of anilines is 1. The molecule has 0 radical (unpaired) electrons. The van der Waals surface area contributed by atoms with Crippen molar-refractivity contribution < 1.29 is 19.1 Å². The van der Waals surface area contributed by atoms with Crippen molar-refractivity contribution >= 4 is 40.8 Å². The van der Waals surface area contributed by atoms with E-state index in [1.807, 2.05) is 54.6 Å². The number of carbonyl (C=O) groups is 2. The van der Waals surface area contributed by atoms with Crippen molar-refractivity contribution in [2.24, 2.45) is 0 Å². The molecule has 0 atom stereocenters. The Morgan fingerprint density at radius 3 is 2.35 bits per heavy atom. The molecule has 0 bridgehead atoms. The molecule has 0 saturated heterocycles. The van der Waals surface area contributed by atoms with Gasteiger partial charge in [-0.3, -0.25) is 4.79 Å². The molecule has 31 heavy (non-hydrogen) atoms. The van der Waals surface area contributed by atoms with Crippen LogP contribution in [-0.4, -0.2) is 25.6 Å². The largest absolute Gasteiger partial charge is 0.497 e. The predicted octanol–water partition coefficient (Wildman–Crippen LogP) is 5.70. The van der Waals surface area contributed by atoms with Gasteiger partial charge in [0.1, 0.15) is 5.75 Å². The summed E-state index contributed by atoms with van der Waals surface area (Å²) >= 11 is 6.12. The summed E-state index contributed by atoms with van der Waals surface area (Å²) in [6.07, 6.45) is 1.80. The highest BCUT2D eigenvalue weighted by atomic mass is 35.5. The molecule has 3 rings (SSSR count). The summed E-state index contributed by atoms with van der Waals surface area (Å²) in [5, 5.41) is 3.11. The number of esters is 1. The maximum Gasteiger partial charge on any atom is 0.339 e. The van der Waals surface area contributed by atoms with E-state index < -0.39 is 5.97 Å². The van der Waals surface area contributed by atoms with Gasteiger partial charge in [0.25, 0.3) is 5.91 Å². The van der Waals surface area contributed by atoms with Gasteiger partial charge in [-0.2, -0.15) is 0 Å².